The molecule has 1 aromatic heterocycles. The van der Waals surface area contributed by atoms with Crippen molar-refractivity contribution in [2.75, 3.05) is 13.7 Å². The predicted octanol–water partition coefficient (Wildman–Crippen LogP) is 1.49. The number of para-hydroxylation sites is 1. The molecule has 1 atom stereocenters. The van der Waals surface area contributed by atoms with Crippen molar-refractivity contribution in [3.8, 4) is 17.7 Å². The van der Waals surface area contributed by atoms with Crippen LogP contribution in [-0.2, 0) is 9.53 Å². The smallest absolute Gasteiger partial charge is 0.343 e. The fourth-order valence-corrected chi connectivity index (χ4v) is 2.76. The molecule has 0 unspecified atom stereocenters. The molecule has 0 bridgehead atoms. The van der Waals surface area contributed by atoms with E-state index in [0.717, 1.165) is 5.69 Å². The van der Waals surface area contributed by atoms with E-state index in [0.29, 0.717) is 22.8 Å². The third-order valence-corrected chi connectivity index (χ3v) is 3.93. The van der Waals surface area contributed by atoms with Gasteiger partial charge < -0.3 is 19.9 Å². The van der Waals surface area contributed by atoms with Crippen molar-refractivity contribution < 1.29 is 19.0 Å². The Bertz CT molecular complexity index is 894. The molecule has 8 nitrogen and oxygen atoms in total. The zero-order valence-electron chi connectivity index (χ0n) is 13.7. The Labute approximate surface area is 143 Å². The van der Waals surface area contributed by atoms with Crippen molar-refractivity contribution in [2.24, 2.45) is 5.73 Å². The number of benzene rings is 1. The van der Waals surface area contributed by atoms with Gasteiger partial charge in [0, 0.05) is 16.8 Å². The Morgan fingerprint density at radius 1 is 1.48 bits per heavy atom. The number of nitrogens with two attached hydrogens (primary N) is 1. The summed E-state index contributed by atoms with van der Waals surface area (Å²) in [6, 6.07) is 9.22. The number of aromatic nitrogens is 2. The van der Waals surface area contributed by atoms with Crippen LogP contribution in [0, 0.1) is 18.3 Å². The standard InChI is InChI=1S/C17H16N4O4/c1-9-14-15(11(7-18)16(19)25-17(14)21-20-9)10-5-3-4-6-12(10)24-8-13(22)23-2/h3-6,15H,8,19H2,1-2H3,(H,20,21)/t15-/m0/s1. The molecule has 128 valence electrons. The molecule has 25 heavy (non-hydrogen) atoms. The quantitative estimate of drug-likeness (QED) is 0.808. The van der Waals surface area contributed by atoms with Crippen molar-refractivity contribution in [3.05, 3.63) is 52.5 Å². The lowest BCUT2D eigenvalue weighted by atomic mass is 9.83. The van der Waals surface area contributed by atoms with E-state index in [-0.39, 0.29) is 18.1 Å². The first-order valence-electron chi connectivity index (χ1n) is 7.47. The zero-order valence-corrected chi connectivity index (χ0v) is 13.7. The summed E-state index contributed by atoms with van der Waals surface area (Å²) >= 11 is 0. The number of aromatic amines is 1. The Balaban J connectivity index is 2.10. The zero-order chi connectivity index (χ0) is 18.0. The average Bonchev–Trinajstić information content (AvgIpc) is 2.99. The third-order valence-electron chi connectivity index (χ3n) is 3.93. The topological polar surface area (TPSA) is 123 Å². The molecule has 0 fully saturated rings. The Hall–Kier alpha value is -3.47. The van der Waals surface area contributed by atoms with Gasteiger partial charge in [-0.25, -0.2) is 4.79 Å². The van der Waals surface area contributed by atoms with Gasteiger partial charge in [0.15, 0.2) is 6.61 Å². The van der Waals surface area contributed by atoms with Crippen molar-refractivity contribution in [2.45, 2.75) is 12.8 Å². The molecule has 2 heterocycles. The van der Waals surface area contributed by atoms with Crippen LogP contribution >= 0.6 is 0 Å². The Morgan fingerprint density at radius 2 is 2.24 bits per heavy atom. The van der Waals surface area contributed by atoms with Crippen LogP contribution in [0.5, 0.6) is 11.6 Å². The number of ether oxygens (including phenoxy) is 3. The third kappa shape index (κ3) is 2.87. The highest BCUT2D eigenvalue weighted by Crippen LogP contribution is 2.45. The molecule has 2 aromatic rings. The van der Waals surface area contributed by atoms with Gasteiger partial charge >= 0.3 is 5.97 Å². The normalized spacial score (nSPS) is 15.8. The minimum Gasteiger partial charge on any atom is -0.482 e. The number of nitrogens with zero attached hydrogens (tertiary/aromatic N) is 2. The van der Waals surface area contributed by atoms with Gasteiger partial charge in [-0.05, 0) is 13.0 Å². The summed E-state index contributed by atoms with van der Waals surface area (Å²) in [4.78, 5) is 11.4. The molecule has 0 aliphatic carbocycles. The Morgan fingerprint density at radius 3 is 2.96 bits per heavy atom. The lowest BCUT2D eigenvalue weighted by Gasteiger charge is -2.25. The SMILES string of the molecule is COC(=O)COc1ccccc1[C@H]1C(C#N)=C(N)Oc2n[nH]c(C)c21. The highest BCUT2D eigenvalue weighted by atomic mass is 16.6. The summed E-state index contributed by atoms with van der Waals surface area (Å²) in [7, 11) is 1.29. The highest BCUT2D eigenvalue weighted by Gasteiger charge is 2.35. The van der Waals surface area contributed by atoms with Gasteiger partial charge in [-0.1, -0.05) is 18.2 Å². The van der Waals surface area contributed by atoms with Crippen LogP contribution < -0.4 is 15.2 Å². The number of fused-ring (bicyclic) bond motifs is 1. The second-order valence-corrected chi connectivity index (χ2v) is 5.39. The van der Waals surface area contributed by atoms with Gasteiger partial charge in [0.2, 0.25) is 11.8 Å². The molecule has 0 saturated carbocycles. The molecule has 0 radical (unpaired) electrons. The van der Waals surface area contributed by atoms with Crippen LogP contribution in [0.4, 0.5) is 0 Å². The molecule has 0 amide bonds. The van der Waals surface area contributed by atoms with E-state index >= 15 is 0 Å². The van der Waals surface area contributed by atoms with Gasteiger partial charge in [0.25, 0.3) is 0 Å². The summed E-state index contributed by atoms with van der Waals surface area (Å²) in [5.74, 6) is -0.248. The fraction of sp³-hybridized carbons (Fsp3) is 0.235. The van der Waals surface area contributed by atoms with E-state index in [1.165, 1.54) is 7.11 Å². The molecule has 1 aliphatic heterocycles. The van der Waals surface area contributed by atoms with Crippen molar-refractivity contribution in [1.82, 2.24) is 10.2 Å². The number of allylic oxidation sites excluding steroid dienone is 1. The molecule has 8 heteroatoms. The molecule has 0 spiro atoms. The minimum atomic E-state index is -0.513. The molecule has 0 saturated heterocycles. The van der Waals surface area contributed by atoms with E-state index in [9.17, 15) is 10.1 Å². The number of aryl methyl sites for hydroxylation is 1. The second kappa shape index (κ2) is 6.57. The maximum Gasteiger partial charge on any atom is 0.343 e. The van der Waals surface area contributed by atoms with Crippen LogP contribution in [0.3, 0.4) is 0 Å². The van der Waals surface area contributed by atoms with Gasteiger partial charge in [0.1, 0.15) is 17.4 Å². The van der Waals surface area contributed by atoms with Crippen LogP contribution in [0.1, 0.15) is 22.7 Å². The molecule has 1 aromatic carbocycles. The average molecular weight is 340 g/mol. The number of nitriles is 1. The number of nitrogens with one attached hydrogen (secondary N) is 1. The second-order valence-electron chi connectivity index (χ2n) is 5.39. The van der Waals surface area contributed by atoms with Gasteiger partial charge in [-0.3, -0.25) is 5.10 Å². The maximum atomic E-state index is 11.4. The van der Waals surface area contributed by atoms with Crippen LogP contribution in [0.2, 0.25) is 0 Å². The summed E-state index contributed by atoms with van der Waals surface area (Å²) in [5, 5.41) is 16.5. The van der Waals surface area contributed by atoms with E-state index in [1.54, 1.807) is 12.1 Å². The van der Waals surface area contributed by atoms with Crippen molar-refractivity contribution >= 4 is 5.97 Å². The van der Waals surface area contributed by atoms with Gasteiger partial charge in [-0.15, -0.1) is 5.10 Å². The molecule has 3 rings (SSSR count). The predicted molar refractivity (Wildman–Crippen MR) is 86.6 cm³/mol. The molecular weight excluding hydrogens is 324 g/mol. The molecular formula is C17H16N4O4. The minimum absolute atomic E-state index is 0.00530. The van der Waals surface area contributed by atoms with Crippen LogP contribution in [0.25, 0.3) is 0 Å². The fourth-order valence-electron chi connectivity index (χ4n) is 2.76. The number of carbonyl (C=O) groups is 1. The van der Waals surface area contributed by atoms with Gasteiger partial charge in [0.05, 0.1) is 13.0 Å². The number of H-pyrrole nitrogens is 1. The lowest BCUT2D eigenvalue weighted by Crippen LogP contribution is -2.22. The van der Waals surface area contributed by atoms with E-state index in [2.05, 4.69) is 21.0 Å². The summed E-state index contributed by atoms with van der Waals surface area (Å²) < 4.78 is 15.6. The van der Waals surface area contributed by atoms with Crippen molar-refractivity contribution in [1.29, 1.82) is 5.26 Å². The number of methoxy groups -OCH3 is 1. The lowest BCUT2D eigenvalue weighted by molar-refractivity contribution is -0.142. The maximum absolute atomic E-state index is 11.4. The summed E-state index contributed by atoms with van der Waals surface area (Å²) in [5.41, 5.74) is 8.30. The van der Waals surface area contributed by atoms with E-state index in [1.807, 2.05) is 19.1 Å². The number of hydrogen-bond donors (Lipinski definition) is 2. The van der Waals surface area contributed by atoms with Crippen LogP contribution in [0.15, 0.2) is 35.7 Å². The molecule has 3 N–H and O–H groups in total. The van der Waals surface area contributed by atoms with Gasteiger partial charge in [-0.2, -0.15) is 5.26 Å². The number of carbonyl (C=O) groups excluding carboxylic acids is 1. The Kier molecular flexibility index (Phi) is 4.31. The first kappa shape index (κ1) is 16.4. The first-order valence-corrected chi connectivity index (χ1v) is 7.47. The monoisotopic (exact) mass is 340 g/mol. The number of rotatable bonds is 4. The largest absolute Gasteiger partial charge is 0.482 e. The van der Waals surface area contributed by atoms with E-state index in [4.69, 9.17) is 15.2 Å². The van der Waals surface area contributed by atoms with Crippen LogP contribution in [-0.4, -0.2) is 29.9 Å². The molecule has 1 aliphatic rings. The first-order chi connectivity index (χ1) is 12.1. The summed E-state index contributed by atoms with van der Waals surface area (Å²) in [6.07, 6.45) is 0. The number of hydrogen-bond acceptors (Lipinski definition) is 7. The van der Waals surface area contributed by atoms with Crippen molar-refractivity contribution in [3.63, 3.8) is 0 Å². The summed E-state index contributed by atoms with van der Waals surface area (Å²) in [6.45, 7) is 1.59. The number of esters is 1. The highest BCUT2D eigenvalue weighted by molar-refractivity contribution is 5.71. The van der Waals surface area contributed by atoms with E-state index < -0.39 is 11.9 Å².